The van der Waals surface area contributed by atoms with Crippen LogP contribution < -0.4 is 10.6 Å². The molecule has 3 aliphatic carbocycles. The van der Waals surface area contributed by atoms with Gasteiger partial charge in [0.1, 0.15) is 22.8 Å². The number of anilines is 1. The lowest BCUT2D eigenvalue weighted by Gasteiger charge is -2.46. The van der Waals surface area contributed by atoms with E-state index in [1.54, 1.807) is 25.9 Å². The zero-order valence-electron chi connectivity index (χ0n) is 21.3. The summed E-state index contributed by atoms with van der Waals surface area (Å²) in [5.74, 6) is -5.59. The molecular formula is C26H35N3O6. The first kappa shape index (κ1) is 26.3. The number of rotatable bonds is 3. The number of likely N-dealkylation sites (N-methyl/N-ethyl adjacent to an activating group) is 1. The molecule has 0 spiro atoms. The summed E-state index contributed by atoms with van der Waals surface area (Å²) >= 11 is 0. The number of aliphatic hydroxyl groups is 2. The summed E-state index contributed by atoms with van der Waals surface area (Å²) in [6.45, 7) is 5.71. The van der Waals surface area contributed by atoms with Gasteiger partial charge in [0.25, 0.3) is 5.91 Å². The average Bonchev–Trinajstić information content (AvgIpc) is 2.76. The highest BCUT2D eigenvalue weighted by atomic mass is 16.3. The molecule has 1 aromatic rings. The first-order chi connectivity index (χ1) is 16.4. The number of benzene rings is 1. The Balaban J connectivity index is 0.00000167. The summed E-state index contributed by atoms with van der Waals surface area (Å²) in [5.41, 5.74) is 7.20. The van der Waals surface area contributed by atoms with Crippen LogP contribution in [0.4, 0.5) is 5.69 Å². The molecule has 35 heavy (non-hydrogen) atoms. The molecule has 3 aliphatic rings. The number of carbonyl (C=O) groups is 3. The number of allylic oxidation sites excluding steroid dienone is 1. The lowest BCUT2D eigenvalue weighted by Crippen LogP contribution is -2.55. The van der Waals surface area contributed by atoms with Crippen LogP contribution in [0.5, 0.6) is 5.75 Å². The van der Waals surface area contributed by atoms with Gasteiger partial charge in [-0.05, 0) is 62.9 Å². The fraction of sp³-hybridized carbons (Fsp3) is 0.500. The van der Waals surface area contributed by atoms with Crippen molar-refractivity contribution in [1.82, 2.24) is 4.90 Å². The maximum absolute atomic E-state index is 13.7. The van der Waals surface area contributed by atoms with Crippen LogP contribution in [0.1, 0.15) is 37.0 Å². The molecule has 4 atom stereocenters. The second kappa shape index (κ2) is 9.37. The summed E-state index contributed by atoms with van der Waals surface area (Å²) in [4.78, 5) is 42.4. The normalized spacial score (nSPS) is 25.5. The van der Waals surface area contributed by atoms with Crippen molar-refractivity contribution < 1.29 is 29.7 Å². The summed E-state index contributed by atoms with van der Waals surface area (Å²) in [5, 5.41) is 32.7. The lowest BCUT2D eigenvalue weighted by atomic mass is 9.59. The molecule has 0 saturated heterocycles. The van der Waals surface area contributed by atoms with Crippen molar-refractivity contribution in [1.29, 1.82) is 0 Å². The van der Waals surface area contributed by atoms with Gasteiger partial charge in [0.05, 0.1) is 17.5 Å². The predicted octanol–water partition coefficient (Wildman–Crippen LogP) is 2.25. The Morgan fingerprint density at radius 3 is 2.17 bits per heavy atom. The van der Waals surface area contributed by atoms with Crippen LogP contribution >= 0.6 is 0 Å². The monoisotopic (exact) mass is 485 g/mol. The minimum Gasteiger partial charge on any atom is -0.510 e. The van der Waals surface area contributed by atoms with Gasteiger partial charge in [0.15, 0.2) is 11.6 Å². The molecule has 4 rings (SSSR count). The number of fused-ring (bicyclic) bond motifs is 3. The van der Waals surface area contributed by atoms with Crippen LogP contribution in [0.2, 0.25) is 0 Å². The quantitative estimate of drug-likeness (QED) is 0.377. The number of ketones is 2. The van der Waals surface area contributed by atoms with Crippen molar-refractivity contribution in [2.75, 3.05) is 33.1 Å². The third kappa shape index (κ3) is 3.87. The Kier molecular flexibility index (Phi) is 7.04. The third-order valence-electron chi connectivity index (χ3n) is 7.21. The van der Waals surface area contributed by atoms with E-state index in [1.807, 2.05) is 38.9 Å². The van der Waals surface area contributed by atoms with Gasteiger partial charge >= 0.3 is 0 Å². The highest BCUT2D eigenvalue weighted by Gasteiger charge is 2.55. The van der Waals surface area contributed by atoms with E-state index in [-0.39, 0.29) is 22.6 Å². The molecule has 0 heterocycles. The number of phenolic OH excluding ortho intramolecular Hbond substituents is 1. The Labute approximate surface area is 205 Å². The molecule has 0 bridgehead atoms. The number of nitrogens with two attached hydrogens (primary N) is 1. The van der Waals surface area contributed by atoms with E-state index in [4.69, 9.17) is 5.73 Å². The van der Waals surface area contributed by atoms with E-state index in [9.17, 15) is 29.7 Å². The van der Waals surface area contributed by atoms with Crippen LogP contribution in [0.3, 0.4) is 0 Å². The lowest BCUT2D eigenvalue weighted by molar-refractivity contribution is -0.136. The highest BCUT2D eigenvalue weighted by Crippen LogP contribution is 2.52. The third-order valence-corrected chi connectivity index (χ3v) is 7.21. The van der Waals surface area contributed by atoms with E-state index < -0.39 is 52.6 Å². The average molecular weight is 486 g/mol. The molecule has 1 aromatic carbocycles. The number of aliphatic hydroxyl groups excluding tert-OH is 2. The predicted molar refractivity (Wildman–Crippen MR) is 133 cm³/mol. The van der Waals surface area contributed by atoms with Crippen molar-refractivity contribution in [3.8, 4) is 5.75 Å². The minimum atomic E-state index is -1.24. The van der Waals surface area contributed by atoms with Gasteiger partial charge in [-0.2, -0.15) is 0 Å². The Hall–Kier alpha value is -3.33. The number of amides is 1. The summed E-state index contributed by atoms with van der Waals surface area (Å²) in [6, 6.07) is 1.09. The Morgan fingerprint density at radius 2 is 1.66 bits per heavy atom. The fourth-order valence-corrected chi connectivity index (χ4v) is 5.84. The zero-order valence-corrected chi connectivity index (χ0v) is 21.3. The van der Waals surface area contributed by atoms with E-state index in [1.165, 1.54) is 0 Å². The number of hydrogen-bond acceptors (Lipinski definition) is 8. The molecule has 1 amide bonds. The topological polar surface area (TPSA) is 144 Å². The van der Waals surface area contributed by atoms with Crippen LogP contribution in [0, 0.1) is 24.7 Å². The zero-order chi connectivity index (χ0) is 26.5. The van der Waals surface area contributed by atoms with E-state index in [0.717, 1.165) is 11.3 Å². The standard InChI is InChI=1S/C24H29N3O6.C2H6/c1-9-6-13(26(2)3)11-7-10-8-12-16(21(30)14(10)20(29)15(11)19(9)28)22(31)17(24(25)33)23(32)18(12)27(4)5;1-2/h6,10,12,16,18,28-29,32H,7-8H2,1-5H3,(H2,25,33);1-2H3. The minimum absolute atomic E-state index is 0.0884. The summed E-state index contributed by atoms with van der Waals surface area (Å²) < 4.78 is 0. The summed E-state index contributed by atoms with van der Waals surface area (Å²) in [7, 11) is 7.11. The van der Waals surface area contributed by atoms with Crippen LogP contribution in [-0.4, -0.2) is 71.9 Å². The van der Waals surface area contributed by atoms with Crippen LogP contribution in [-0.2, 0) is 20.8 Å². The number of hydrogen-bond donors (Lipinski definition) is 4. The number of phenols is 1. The molecule has 1 fully saturated rings. The first-order valence-corrected chi connectivity index (χ1v) is 11.8. The maximum atomic E-state index is 13.7. The van der Waals surface area contributed by atoms with Crippen molar-refractivity contribution >= 4 is 28.9 Å². The van der Waals surface area contributed by atoms with Crippen molar-refractivity contribution in [3.63, 3.8) is 0 Å². The molecule has 5 N–H and O–H groups in total. The van der Waals surface area contributed by atoms with Crippen LogP contribution in [0.25, 0.3) is 5.76 Å². The molecular weight excluding hydrogens is 450 g/mol. The number of aryl methyl sites for hydroxylation is 1. The van der Waals surface area contributed by atoms with E-state index in [0.29, 0.717) is 18.4 Å². The number of primary amides is 1. The number of nitrogens with zero attached hydrogens (tertiary/aromatic N) is 2. The molecule has 0 radical (unpaired) electrons. The maximum Gasteiger partial charge on any atom is 0.255 e. The number of aromatic hydroxyl groups is 1. The largest absolute Gasteiger partial charge is 0.510 e. The molecule has 0 aromatic heterocycles. The highest BCUT2D eigenvalue weighted by molar-refractivity contribution is 6.28. The van der Waals surface area contributed by atoms with Crippen molar-refractivity contribution in [2.45, 2.75) is 39.7 Å². The molecule has 0 aliphatic heterocycles. The van der Waals surface area contributed by atoms with Gasteiger partial charge in [0, 0.05) is 25.4 Å². The number of Topliss-reactive ketones (excluding diaryl/α,β-unsaturated/α-hetero) is 2. The van der Waals surface area contributed by atoms with Gasteiger partial charge in [0.2, 0.25) is 0 Å². The molecule has 4 unspecified atom stereocenters. The second-order valence-electron chi connectivity index (χ2n) is 9.61. The van der Waals surface area contributed by atoms with Crippen LogP contribution in [0.15, 0.2) is 23.0 Å². The molecule has 1 saturated carbocycles. The van der Waals surface area contributed by atoms with E-state index in [2.05, 4.69) is 0 Å². The van der Waals surface area contributed by atoms with Crippen molar-refractivity contribution in [2.24, 2.45) is 23.5 Å². The van der Waals surface area contributed by atoms with E-state index >= 15 is 0 Å². The molecule has 9 nitrogen and oxygen atoms in total. The second-order valence-corrected chi connectivity index (χ2v) is 9.61. The van der Waals surface area contributed by atoms with Gasteiger partial charge in [-0.3, -0.25) is 19.3 Å². The Morgan fingerprint density at radius 1 is 1.06 bits per heavy atom. The smallest absolute Gasteiger partial charge is 0.255 e. The first-order valence-electron chi connectivity index (χ1n) is 11.8. The summed E-state index contributed by atoms with van der Waals surface area (Å²) in [6.07, 6.45) is 0.716. The van der Waals surface area contributed by atoms with Gasteiger partial charge in [-0.15, -0.1) is 0 Å². The van der Waals surface area contributed by atoms with Gasteiger partial charge < -0.3 is 26.0 Å². The van der Waals surface area contributed by atoms with Gasteiger partial charge in [-0.1, -0.05) is 13.8 Å². The number of carbonyl (C=O) groups excluding carboxylic acids is 3. The molecule has 9 heteroatoms. The van der Waals surface area contributed by atoms with Crippen molar-refractivity contribution in [3.05, 3.63) is 39.7 Å². The fourth-order valence-electron chi connectivity index (χ4n) is 5.84. The van der Waals surface area contributed by atoms with Gasteiger partial charge in [-0.25, -0.2) is 0 Å². The SMILES string of the molecule is CC.Cc1cc(N(C)C)c2c(c1O)C(O)=C1C(=O)C3C(=O)C(C(N)=O)=C(O)C(N(C)C)C3CC1C2. The molecule has 190 valence electrons. The Bertz CT molecular complexity index is 1160.